The van der Waals surface area contributed by atoms with Crippen molar-refractivity contribution in [2.24, 2.45) is 5.73 Å². The molecule has 0 aromatic carbocycles. The van der Waals surface area contributed by atoms with E-state index in [0.717, 1.165) is 11.3 Å². The second kappa shape index (κ2) is 8.41. The Labute approximate surface area is 150 Å². The number of primary amides is 1. The van der Waals surface area contributed by atoms with Crippen LogP contribution in [0.2, 0.25) is 0 Å². The van der Waals surface area contributed by atoms with E-state index in [9.17, 15) is 14.4 Å². The molecule has 138 valence electrons. The summed E-state index contributed by atoms with van der Waals surface area (Å²) in [5.41, 5.74) is 5.97. The standard InChI is InChI=1S/C16H23N3O5S/c1-9(2)24-16(22)12-10(3)13(14(17)21)25-15(12)18-11(20)8-19-4-6-23-7-5-19/h9H,4-8H2,1-3H3,(H2,17,21)(H,18,20). The SMILES string of the molecule is Cc1c(C(N)=O)sc(NC(=O)CN2CCOCC2)c1C(=O)OC(C)C. The second-order valence-corrected chi connectivity index (χ2v) is 7.04. The minimum Gasteiger partial charge on any atom is -0.459 e. The third kappa shape index (κ3) is 5.00. The first-order valence-corrected chi connectivity index (χ1v) is 8.85. The summed E-state index contributed by atoms with van der Waals surface area (Å²) >= 11 is 0.989. The molecule has 1 fully saturated rings. The molecule has 2 amide bonds. The van der Waals surface area contributed by atoms with Crippen molar-refractivity contribution in [3.63, 3.8) is 0 Å². The van der Waals surface area contributed by atoms with Gasteiger partial charge in [0.1, 0.15) is 5.00 Å². The molecule has 3 N–H and O–H groups in total. The first-order chi connectivity index (χ1) is 11.8. The molecule has 2 heterocycles. The van der Waals surface area contributed by atoms with Crippen molar-refractivity contribution in [1.29, 1.82) is 0 Å². The van der Waals surface area contributed by atoms with Gasteiger partial charge in [0.2, 0.25) is 5.91 Å². The molecule has 1 aliphatic rings. The van der Waals surface area contributed by atoms with Crippen LogP contribution in [0.4, 0.5) is 5.00 Å². The van der Waals surface area contributed by atoms with Crippen LogP contribution in [0.5, 0.6) is 0 Å². The number of nitrogens with two attached hydrogens (primary N) is 1. The first-order valence-electron chi connectivity index (χ1n) is 8.03. The Morgan fingerprint density at radius 1 is 1.32 bits per heavy atom. The molecule has 8 nitrogen and oxygen atoms in total. The maximum Gasteiger partial charge on any atom is 0.341 e. The highest BCUT2D eigenvalue weighted by atomic mass is 32.1. The van der Waals surface area contributed by atoms with Gasteiger partial charge in [-0.25, -0.2) is 4.79 Å². The number of morpholine rings is 1. The molecular formula is C16H23N3O5S. The van der Waals surface area contributed by atoms with E-state index < -0.39 is 11.9 Å². The van der Waals surface area contributed by atoms with E-state index in [1.807, 2.05) is 4.90 Å². The van der Waals surface area contributed by atoms with E-state index in [0.29, 0.717) is 31.9 Å². The average Bonchev–Trinajstić information content (AvgIpc) is 2.84. The van der Waals surface area contributed by atoms with Crippen LogP contribution in [0.3, 0.4) is 0 Å². The van der Waals surface area contributed by atoms with Crippen molar-refractivity contribution < 1.29 is 23.9 Å². The first kappa shape index (κ1) is 19.4. The van der Waals surface area contributed by atoms with Gasteiger partial charge in [-0.1, -0.05) is 0 Å². The van der Waals surface area contributed by atoms with Gasteiger partial charge in [0.15, 0.2) is 0 Å². The van der Waals surface area contributed by atoms with Gasteiger partial charge in [0, 0.05) is 13.1 Å². The molecule has 1 aromatic heterocycles. The highest BCUT2D eigenvalue weighted by Gasteiger charge is 2.26. The molecule has 9 heteroatoms. The second-order valence-electron chi connectivity index (χ2n) is 6.02. The summed E-state index contributed by atoms with van der Waals surface area (Å²) in [6.07, 6.45) is -0.319. The van der Waals surface area contributed by atoms with Crippen molar-refractivity contribution in [1.82, 2.24) is 4.90 Å². The van der Waals surface area contributed by atoms with Crippen LogP contribution in [0.1, 0.15) is 39.4 Å². The van der Waals surface area contributed by atoms with Crippen molar-refractivity contribution in [2.75, 3.05) is 38.2 Å². The topological polar surface area (TPSA) is 111 Å². The van der Waals surface area contributed by atoms with Gasteiger partial charge < -0.3 is 20.5 Å². The normalized spacial score (nSPS) is 15.2. The van der Waals surface area contributed by atoms with E-state index in [2.05, 4.69) is 5.32 Å². The predicted molar refractivity (Wildman–Crippen MR) is 94.0 cm³/mol. The molecule has 0 unspecified atom stereocenters. The number of esters is 1. The summed E-state index contributed by atoms with van der Waals surface area (Å²) in [4.78, 5) is 38.4. The van der Waals surface area contributed by atoms with E-state index in [4.69, 9.17) is 15.2 Å². The maximum absolute atomic E-state index is 12.4. The largest absolute Gasteiger partial charge is 0.459 e. The third-order valence-electron chi connectivity index (χ3n) is 3.64. The van der Waals surface area contributed by atoms with Crippen LogP contribution in [0.25, 0.3) is 0 Å². The van der Waals surface area contributed by atoms with Gasteiger partial charge in [-0.3, -0.25) is 14.5 Å². The van der Waals surface area contributed by atoms with E-state index in [-0.39, 0.29) is 34.0 Å². The lowest BCUT2D eigenvalue weighted by Gasteiger charge is -2.25. The summed E-state index contributed by atoms with van der Waals surface area (Å²) in [5.74, 6) is -1.49. The highest BCUT2D eigenvalue weighted by Crippen LogP contribution is 2.33. The zero-order chi connectivity index (χ0) is 18.6. The molecule has 0 radical (unpaired) electrons. The molecule has 1 saturated heterocycles. The average molecular weight is 369 g/mol. The predicted octanol–water partition coefficient (Wildman–Crippen LogP) is 0.991. The number of rotatable bonds is 6. The Bertz CT molecular complexity index is 665. The van der Waals surface area contributed by atoms with Crippen molar-refractivity contribution in [3.05, 3.63) is 16.0 Å². The minimum atomic E-state index is -0.644. The minimum absolute atomic E-state index is 0.183. The zero-order valence-corrected chi connectivity index (χ0v) is 15.4. The van der Waals surface area contributed by atoms with Crippen LogP contribution >= 0.6 is 11.3 Å². The summed E-state index contributed by atoms with van der Waals surface area (Å²) in [6, 6.07) is 0. The quantitative estimate of drug-likeness (QED) is 0.724. The van der Waals surface area contributed by atoms with Gasteiger partial charge in [0.05, 0.1) is 36.3 Å². The van der Waals surface area contributed by atoms with Gasteiger partial charge in [-0.05, 0) is 26.3 Å². The fourth-order valence-electron chi connectivity index (χ4n) is 2.48. The van der Waals surface area contributed by atoms with E-state index >= 15 is 0 Å². The summed E-state index contributed by atoms with van der Waals surface area (Å²) in [7, 11) is 0. The van der Waals surface area contributed by atoms with E-state index in [1.165, 1.54) is 0 Å². The van der Waals surface area contributed by atoms with Crippen LogP contribution < -0.4 is 11.1 Å². The zero-order valence-electron chi connectivity index (χ0n) is 14.6. The number of carbonyl (C=O) groups is 3. The number of nitrogens with one attached hydrogen (secondary N) is 1. The smallest absolute Gasteiger partial charge is 0.341 e. The number of anilines is 1. The van der Waals surface area contributed by atoms with Crippen molar-refractivity contribution in [2.45, 2.75) is 26.9 Å². The lowest BCUT2D eigenvalue weighted by atomic mass is 10.1. The fraction of sp³-hybridized carbons (Fsp3) is 0.562. The summed E-state index contributed by atoms with van der Waals surface area (Å²) in [6.45, 7) is 7.77. The van der Waals surface area contributed by atoms with Crippen LogP contribution in [0, 0.1) is 6.92 Å². The van der Waals surface area contributed by atoms with Gasteiger partial charge in [-0.15, -0.1) is 11.3 Å². The molecule has 1 aromatic rings. The van der Waals surface area contributed by atoms with Gasteiger partial charge >= 0.3 is 5.97 Å². The van der Waals surface area contributed by atoms with Crippen LogP contribution in [-0.4, -0.2) is 61.6 Å². The van der Waals surface area contributed by atoms with Crippen molar-refractivity contribution in [3.8, 4) is 0 Å². The number of hydrogen-bond acceptors (Lipinski definition) is 7. The number of ether oxygens (including phenoxy) is 2. The Balaban J connectivity index is 2.19. The molecular weight excluding hydrogens is 346 g/mol. The number of hydrogen-bond donors (Lipinski definition) is 2. The fourth-order valence-corrected chi connectivity index (χ4v) is 3.55. The van der Waals surface area contributed by atoms with Gasteiger partial charge in [-0.2, -0.15) is 0 Å². The molecule has 0 aliphatic carbocycles. The lowest BCUT2D eigenvalue weighted by Crippen LogP contribution is -2.41. The number of amides is 2. The number of nitrogens with zero attached hydrogens (tertiary/aromatic N) is 1. The van der Waals surface area contributed by atoms with E-state index in [1.54, 1.807) is 20.8 Å². The summed E-state index contributed by atoms with van der Waals surface area (Å²) in [5, 5.41) is 3.00. The molecule has 0 bridgehead atoms. The molecule has 1 aliphatic heterocycles. The molecule has 0 saturated carbocycles. The lowest BCUT2D eigenvalue weighted by molar-refractivity contribution is -0.118. The van der Waals surface area contributed by atoms with Crippen LogP contribution in [-0.2, 0) is 14.3 Å². The third-order valence-corrected chi connectivity index (χ3v) is 4.86. The Morgan fingerprint density at radius 3 is 2.52 bits per heavy atom. The summed E-state index contributed by atoms with van der Waals surface area (Å²) < 4.78 is 10.5. The highest BCUT2D eigenvalue weighted by molar-refractivity contribution is 7.18. The van der Waals surface area contributed by atoms with Crippen molar-refractivity contribution >= 4 is 34.1 Å². The number of carbonyl (C=O) groups excluding carboxylic acids is 3. The van der Waals surface area contributed by atoms with Crippen LogP contribution in [0.15, 0.2) is 0 Å². The molecule has 0 atom stereocenters. The Hall–Kier alpha value is -1.97. The van der Waals surface area contributed by atoms with Gasteiger partial charge in [0.25, 0.3) is 5.91 Å². The maximum atomic E-state index is 12.4. The number of thiophene rings is 1. The Morgan fingerprint density at radius 2 is 1.96 bits per heavy atom. The molecule has 25 heavy (non-hydrogen) atoms. The molecule has 2 rings (SSSR count). The molecule has 0 spiro atoms. The monoisotopic (exact) mass is 369 g/mol. The Kier molecular flexibility index (Phi) is 6.51.